The van der Waals surface area contributed by atoms with Gasteiger partial charge >= 0.3 is 0 Å². The molecule has 102 valence electrons. The minimum atomic E-state index is -2.52. The number of hydrogen-bond acceptors (Lipinski definition) is 5. The van der Waals surface area contributed by atoms with Crippen molar-refractivity contribution in [1.29, 1.82) is 5.26 Å². The fourth-order valence-corrected chi connectivity index (χ4v) is 2.16. The van der Waals surface area contributed by atoms with Crippen LogP contribution in [0, 0.1) is 11.3 Å². The van der Waals surface area contributed by atoms with E-state index in [0.717, 1.165) is 0 Å². The van der Waals surface area contributed by atoms with Crippen LogP contribution in [0.3, 0.4) is 0 Å². The van der Waals surface area contributed by atoms with Gasteiger partial charge in [0.15, 0.2) is 0 Å². The van der Waals surface area contributed by atoms with Gasteiger partial charge in [-0.15, -0.1) is 0 Å². The minimum absolute atomic E-state index is 0.252. The van der Waals surface area contributed by atoms with Crippen molar-refractivity contribution in [2.45, 2.75) is 10.7 Å². The number of thioether (sulfide) groups is 1. The van der Waals surface area contributed by atoms with Gasteiger partial charge in [-0.25, -0.2) is 4.98 Å². The summed E-state index contributed by atoms with van der Waals surface area (Å²) in [7, 11) is 0. The molecule has 2 rings (SSSR count). The zero-order chi connectivity index (χ0) is 14.5. The number of nitrogens with zero attached hydrogens (tertiary/aromatic N) is 2. The molecule has 0 atom stereocenters. The van der Waals surface area contributed by atoms with E-state index in [2.05, 4.69) is 10.3 Å². The summed E-state index contributed by atoms with van der Waals surface area (Å²) in [4.78, 5) is 4.39. The van der Waals surface area contributed by atoms with Crippen LogP contribution in [0.2, 0.25) is 0 Å². The minimum Gasteiger partial charge on any atom is -0.397 e. The van der Waals surface area contributed by atoms with Crippen LogP contribution in [-0.2, 0) is 0 Å². The van der Waals surface area contributed by atoms with Crippen molar-refractivity contribution < 1.29 is 8.78 Å². The average molecular weight is 292 g/mol. The number of nitrogens with one attached hydrogen (secondary N) is 1. The molecule has 0 aliphatic rings. The van der Waals surface area contributed by atoms with E-state index in [1.807, 2.05) is 6.07 Å². The monoisotopic (exact) mass is 292 g/mol. The number of benzene rings is 1. The molecule has 0 fully saturated rings. The van der Waals surface area contributed by atoms with Crippen LogP contribution in [0.25, 0.3) is 0 Å². The van der Waals surface area contributed by atoms with Gasteiger partial charge in [0.2, 0.25) is 0 Å². The fourth-order valence-electron chi connectivity index (χ4n) is 1.56. The van der Waals surface area contributed by atoms with E-state index in [-0.39, 0.29) is 11.4 Å². The van der Waals surface area contributed by atoms with Gasteiger partial charge in [0.25, 0.3) is 5.76 Å². The highest BCUT2D eigenvalue weighted by molar-refractivity contribution is 7.99. The van der Waals surface area contributed by atoms with E-state index < -0.39 is 5.76 Å². The van der Waals surface area contributed by atoms with Gasteiger partial charge in [-0.1, -0.05) is 23.9 Å². The Labute approximate surface area is 118 Å². The van der Waals surface area contributed by atoms with E-state index in [1.165, 1.54) is 12.3 Å². The van der Waals surface area contributed by atoms with Crippen molar-refractivity contribution >= 4 is 29.0 Å². The number of aromatic nitrogens is 1. The first-order valence-electron chi connectivity index (χ1n) is 5.56. The number of hydrogen-bond donors (Lipinski definition) is 2. The molecule has 20 heavy (non-hydrogen) atoms. The van der Waals surface area contributed by atoms with Crippen molar-refractivity contribution in [1.82, 2.24) is 4.98 Å². The Kier molecular flexibility index (Phi) is 4.38. The molecule has 4 nitrogen and oxygen atoms in total. The summed E-state index contributed by atoms with van der Waals surface area (Å²) in [5, 5.41) is 11.9. The third-order valence-electron chi connectivity index (χ3n) is 2.39. The van der Waals surface area contributed by atoms with Crippen LogP contribution in [0.4, 0.5) is 26.0 Å². The molecule has 1 aromatic heterocycles. The quantitative estimate of drug-likeness (QED) is 0.842. The van der Waals surface area contributed by atoms with Crippen molar-refractivity contribution in [2.24, 2.45) is 0 Å². The first-order chi connectivity index (χ1) is 9.60. The Balaban J connectivity index is 2.33. The highest BCUT2D eigenvalue weighted by atomic mass is 32.2. The zero-order valence-electron chi connectivity index (χ0n) is 10.2. The molecular weight excluding hydrogens is 282 g/mol. The Morgan fingerprint density at radius 1 is 1.35 bits per heavy atom. The Morgan fingerprint density at radius 2 is 2.10 bits per heavy atom. The number of nitriles is 1. The number of nitrogens with two attached hydrogens (primary N) is 1. The van der Waals surface area contributed by atoms with Crippen LogP contribution >= 0.6 is 11.8 Å². The number of para-hydroxylation sites is 1. The number of nitrogen functional groups attached to an aromatic ring is 1. The fraction of sp³-hybridized carbons (Fsp3) is 0.0769. The largest absolute Gasteiger partial charge is 0.397 e. The van der Waals surface area contributed by atoms with E-state index in [0.29, 0.717) is 28.0 Å². The van der Waals surface area contributed by atoms with Gasteiger partial charge in [0.1, 0.15) is 11.9 Å². The predicted octanol–water partition coefficient (Wildman–Crippen LogP) is 3.59. The molecule has 0 spiro atoms. The van der Waals surface area contributed by atoms with Crippen LogP contribution in [0.1, 0.15) is 5.56 Å². The van der Waals surface area contributed by atoms with Crippen LogP contribution in [0.5, 0.6) is 0 Å². The molecule has 0 saturated carbocycles. The highest BCUT2D eigenvalue weighted by Crippen LogP contribution is 2.33. The lowest BCUT2D eigenvalue weighted by molar-refractivity contribution is 0.252. The number of rotatable bonds is 4. The van der Waals surface area contributed by atoms with Gasteiger partial charge in [-0.2, -0.15) is 14.0 Å². The molecule has 0 radical (unpaired) electrons. The molecule has 2 aromatic rings. The number of alkyl halides is 2. The first kappa shape index (κ1) is 14.1. The summed E-state index contributed by atoms with van der Waals surface area (Å²) < 4.78 is 25.0. The first-order valence-corrected chi connectivity index (χ1v) is 6.44. The maximum absolute atomic E-state index is 12.5. The smallest absolute Gasteiger partial charge is 0.288 e. The summed E-state index contributed by atoms with van der Waals surface area (Å²) in [6.07, 6.45) is 1.39. The maximum atomic E-state index is 12.5. The Morgan fingerprint density at radius 3 is 2.80 bits per heavy atom. The van der Waals surface area contributed by atoms with E-state index >= 15 is 0 Å². The third kappa shape index (κ3) is 3.36. The standard InChI is InChI=1S/C13H10F2N4S/c14-13(15)20-11-4-2-1-3-10(11)19-12-8(6-16)5-9(17)7-18-12/h1-5,7,13H,17H2,(H,18,19). The second-order valence-corrected chi connectivity index (χ2v) is 4.81. The average Bonchev–Trinajstić information content (AvgIpc) is 2.42. The SMILES string of the molecule is N#Cc1cc(N)cnc1Nc1ccccc1SC(F)F. The molecule has 0 unspecified atom stereocenters. The van der Waals surface area contributed by atoms with Gasteiger partial charge in [0, 0.05) is 4.90 Å². The molecule has 0 saturated heterocycles. The molecule has 1 aromatic carbocycles. The summed E-state index contributed by atoms with van der Waals surface area (Å²) in [5.74, 6) is -2.24. The second-order valence-electron chi connectivity index (χ2n) is 3.78. The maximum Gasteiger partial charge on any atom is 0.288 e. The predicted molar refractivity (Wildman–Crippen MR) is 75.0 cm³/mol. The molecule has 7 heteroatoms. The van der Waals surface area contributed by atoms with Crippen LogP contribution in [0.15, 0.2) is 41.4 Å². The Hall–Kier alpha value is -2.33. The summed E-state index contributed by atoms with van der Waals surface area (Å²) in [5.41, 5.74) is 6.63. The van der Waals surface area contributed by atoms with E-state index in [9.17, 15) is 8.78 Å². The van der Waals surface area contributed by atoms with Crippen LogP contribution in [-0.4, -0.2) is 10.7 Å². The molecular formula is C13H10F2N4S. The lowest BCUT2D eigenvalue weighted by atomic mass is 10.2. The van der Waals surface area contributed by atoms with Crippen molar-refractivity contribution in [2.75, 3.05) is 11.1 Å². The summed E-state index contributed by atoms with van der Waals surface area (Å²) in [6.45, 7) is 0. The number of halogens is 2. The summed E-state index contributed by atoms with van der Waals surface area (Å²) >= 11 is 0.430. The molecule has 0 aliphatic heterocycles. The summed E-state index contributed by atoms with van der Waals surface area (Å²) in [6, 6.07) is 10.0. The third-order valence-corrected chi connectivity index (χ3v) is 3.17. The zero-order valence-corrected chi connectivity index (χ0v) is 11.0. The lowest BCUT2D eigenvalue weighted by Gasteiger charge is -2.11. The van der Waals surface area contributed by atoms with Gasteiger partial charge in [0.05, 0.1) is 23.1 Å². The lowest BCUT2D eigenvalue weighted by Crippen LogP contribution is -2.00. The van der Waals surface area contributed by atoms with Gasteiger partial charge in [-0.3, -0.25) is 0 Å². The normalized spacial score (nSPS) is 10.3. The topological polar surface area (TPSA) is 74.7 Å². The molecule has 3 N–H and O–H groups in total. The van der Waals surface area contributed by atoms with Gasteiger partial charge in [-0.05, 0) is 18.2 Å². The van der Waals surface area contributed by atoms with Crippen LogP contribution < -0.4 is 11.1 Å². The van der Waals surface area contributed by atoms with E-state index in [1.54, 1.807) is 24.3 Å². The van der Waals surface area contributed by atoms with Crippen molar-refractivity contribution in [3.05, 3.63) is 42.1 Å². The van der Waals surface area contributed by atoms with Crippen molar-refractivity contribution in [3.8, 4) is 6.07 Å². The number of pyridine rings is 1. The second kappa shape index (κ2) is 6.21. The molecule has 0 bridgehead atoms. The van der Waals surface area contributed by atoms with Crippen molar-refractivity contribution in [3.63, 3.8) is 0 Å². The Bertz CT molecular complexity index is 655. The van der Waals surface area contributed by atoms with Gasteiger partial charge < -0.3 is 11.1 Å². The molecule has 0 aliphatic carbocycles. The van der Waals surface area contributed by atoms with E-state index in [4.69, 9.17) is 11.0 Å². The number of anilines is 3. The molecule has 0 amide bonds. The highest BCUT2D eigenvalue weighted by Gasteiger charge is 2.11. The molecule has 1 heterocycles.